The Morgan fingerprint density at radius 2 is 1.43 bits per heavy atom. The molecule has 212 valence electrons. The molecular weight excluding hydrogens is 512 g/mol. The molecule has 0 aliphatic heterocycles. The number of hydrogen-bond donors (Lipinski definition) is 0. The summed E-state index contributed by atoms with van der Waals surface area (Å²) in [7, 11) is 8.34. The lowest BCUT2D eigenvalue weighted by atomic mass is 9.92. The van der Waals surface area contributed by atoms with Gasteiger partial charge >= 0.3 is 0 Å². The number of ether oxygens (including phenoxy) is 5. The maximum absolute atomic E-state index is 5.81. The molecule has 5 rings (SSSR count). The van der Waals surface area contributed by atoms with Gasteiger partial charge < -0.3 is 28.6 Å². The van der Waals surface area contributed by atoms with Crippen LogP contribution in [0.5, 0.6) is 23.0 Å². The van der Waals surface area contributed by atoms with Crippen LogP contribution in [-0.4, -0.2) is 66.6 Å². The van der Waals surface area contributed by atoms with E-state index in [1.807, 2.05) is 41.1 Å². The minimum absolute atomic E-state index is 0.0697. The predicted molar refractivity (Wildman–Crippen MR) is 150 cm³/mol. The van der Waals surface area contributed by atoms with E-state index >= 15 is 0 Å². The van der Waals surface area contributed by atoms with Crippen molar-refractivity contribution in [3.05, 3.63) is 53.9 Å². The lowest BCUT2D eigenvalue weighted by Crippen LogP contribution is -2.30. The number of nitrogens with zero attached hydrogens (tertiary/aromatic N) is 6. The molecule has 1 saturated carbocycles. The lowest BCUT2D eigenvalue weighted by Gasteiger charge is -2.30. The minimum atomic E-state index is 0.0697. The molecule has 1 fully saturated rings. The lowest BCUT2D eigenvalue weighted by molar-refractivity contribution is 0.0253. The van der Waals surface area contributed by atoms with Crippen LogP contribution in [0.25, 0.3) is 11.2 Å². The Balaban J connectivity index is 1.59. The van der Waals surface area contributed by atoms with Crippen LogP contribution in [0.15, 0.2) is 42.7 Å². The number of benzene rings is 2. The molecule has 11 nitrogen and oxygen atoms in total. The molecule has 0 amide bonds. The van der Waals surface area contributed by atoms with Gasteiger partial charge in [0.2, 0.25) is 0 Å². The second kappa shape index (κ2) is 12.4. The van der Waals surface area contributed by atoms with Gasteiger partial charge in [-0.25, -0.2) is 14.6 Å². The quantitative estimate of drug-likeness (QED) is 0.264. The van der Waals surface area contributed by atoms with E-state index < -0.39 is 0 Å². The first-order valence-corrected chi connectivity index (χ1v) is 13.4. The summed E-state index contributed by atoms with van der Waals surface area (Å²) >= 11 is 0. The van der Waals surface area contributed by atoms with Crippen molar-refractivity contribution >= 4 is 17.0 Å². The average Bonchev–Trinajstić information content (AvgIpc) is 3.45. The van der Waals surface area contributed by atoms with Crippen molar-refractivity contribution in [2.45, 2.75) is 50.9 Å². The van der Waals surface area contributed by atoms with Crippen LogP contribution in [0.3, 0.4) is 0 Å². The molecule has 2 heterocycles. The van der Waals surface area contributed by atoms with E-state index in [9.17, 15) is 0 Å². The van der Waals surface area contributed by atoms with Crippen molar-refractivity contribution in [2.75, 3.05) is 40.4 Å². The zero-order valence-corrected chi connectivity index (χ0v) is 23.7. The van der Waals surface area contributed by atoms with E-state index in [2.05, 4.69) is 20.2 Å². The molecule has 0 N–H and O–H groups in total. The summed E-state index contributed by atoms with van der Waals surface area (Å²) in [6, 6.07) is 11.7. The van der Waals surface area contributed by atoms with Crippen LogP contribution in [0.2, 0.25) is 0 Å². The highest BCUT2D eigenvalue weighted by Gasteiger charge is 2.30. The van der Waals surface area contributed by atoms with Gasteiger partial charge in [0.25, 0.3) is 0 Å². The molecule has 2 atom stereocenters. The van der Waals surface area contributed by atoms with Crippen LogP contribution < -0.4 is 23.8 Å². The molecule has 2 aromatic carbocycles. The summed E-state index contributed by atoms with van der Waals surface area (Å²) < 4.78 is 30.0. The maximum atomic E-state index is 5.81. The Morgan fingerprint density at radius 3 is 2.00 bits per heavy atom. The zero-order valence-electron chi connectivity index (χ0n) is 23.7. The largest absolute Gasteiger partial charge is 0.497 e. The van der Waals surface area contributed by atoms with Gasteiger partial charge in [-0.2, -0.15) is 0 Å². The second-order valence-corrected chi connectivity index (χ2v) is 9.74. The third-order valence-corrected chi connectivity index (χ3v) is 7.54. The number of anilines is 1. The van der Waals surface area contributed by atoms with Crippen molar-refractivity contribution in [3.63, 3.8) is 0 Å². The molecule has 1 aliphatic rings. The SMILES string of the molecule is COc1ccc(CN(Cc2ccc(OC)cc2OC)c2ncnc3c2nnn3[C@@H]2CCCC[C@@H]2OC)c(OC)c1. The van der Waals surface area contributed by atoms with E-state index in [1.165, 1.54) is 0 Å². The Kier molecular flexibility index (Phi) is 8.49. The highest BCUT2D eigenvalue weighted by Crippen LogP contribution is 2.35. The van der Waals surface area contributed by atoms with E-state index in [4.69, 9.17) is 28.7 Å². The van der Waals surface area contributed by atoms with Crippen LogP contribution in [-0.2, 0) is 17.8 Å². The highest BCUT2D eigenvalue weighted by atomic mass is 16.5. The topological polar surface area (TPSA) is 106 Å². The summed E-state index contributed by atoms with van der Waals surface area (Å²) in [4.78, 5) is 11.5. The molecule has 0 radical (unpaired) electrons. The van der Waals surface area contributed by atoms with Gasteiger partial charge in [-0.1, -0.05) is 18.1 Å². The van der Waals surface area contributed by atoms with E-state index in [1.54, 1.807) is 41.9 Å². The highest BCUT2D eigenvalue weighted by molar-refractivity contribution is 5.82. The summed E-state index contributed by atoms with van der Waals surface area (Å²) in [5, 5.41) is 9.16. The number of fused-ring (bicyclic) bond motifs is 1. The second-order valence-electron chi connectivity index (χ2n) is 9.74. The molecule has 11 heteroatoms. The summed E-state index contributed by atoms with van der Waals surface area (Å²) in [5.74, 6) is 3.53. The van der Waals surface area contributed by atoms with Crippen LogP contribution in [0, 0.1) is 0 Å². The van der Waals surface area contributed by atoms with Gasteiger partial charge in [0.1, 0.15) is 29.3 Å². The van der Waals surface area contributed by atoms with Crippen molar-refractivity contribution in [3.8, 4) is 23.0 Å². The Morgan fingerprint density at radius 1 is 0.800 bits per heavy atom. The number of rotatable bonds is 11. The Labute approximate surface area is 234 Å². The third kappa shape index (κ3) is 5.46. The predicted octanol–water partition coefficient (Wildman–Crippen LogP) is 4.59. The summed E-state index contributed by atoms with van der Waals surface area (Å²) in [6.45, 7) is 0.955. The molecule has 40 heavy (non-hydrogen) atoms. The van der Waals surface area contributed by atoms with Gasteiger partial charge in [-0.05, 0) is 37.1 Å². The van der Waals surface area contributed by atoms with Crippen molar-refractivity contribution in [1.29, 1.82) is 0 Å². The molecule has 0 bridgehead atoms. The van der Waals surface area contributed by atoms with Crippen LogP contribution >= 0.6 is 0 Å². The number of methoxy groups -OCH3 is 5. The number of aromatic nitrogens is 5. The molecule has 0 spiro atoms. The standard InChI is InChI=1S/C29H36N6O5/c1-36-21-12-10-19(25(14-21)39-4)16-34(17-20-11-13-22(37-2)15-26(20)40-5)28-27-29(31-18-30-28)35(33-32-27)23-8-6-7-9-24(23)38-3/h10-15,18,23-24H,6-9,16-17H2,1-5H3/t23-,24+/m1/s1. The Hall–Kier alpha value is -4.12. The molecule has 4 aromatic rings. The molecule has 0 unspecified atom stereocenters. The first kappa shape index (κ1) is 27.4. The first-order chi connectivity index (χ1) is 19.6. The van der Waals surface area contributed by atoms with Gasteiger partial charge in [-0.15, -0.1) is 5.10 Å². The van der Waals surface area contributed by atoms with Crippen molar-refractivity contribution in [2.24, 2.45) is 0 Å². The summed E-state index contributed by atoms with van der Waals surface area (Å²) in [5.41, 5.74) is 3.23. The minimum Gasteiger partial charge on any atom is -0.497 e. The van der Waals surface area contributed by atoms with Gasteiger partial charge in [0.05, 0.1) is 40.6 Å². The van der Waals surface area contributed by atoms with Crippen LogP contribution in [0.4, 0.5) is 5.82 Å². The Bertz CT molecular complexity index is 1390. The fraction of sp³-hybridized carbons (Fsp3) is 0.448. The first-order valence-electron chi connectivity index (χ1n) is 13.4. The van der Waals surface area contributed by atoms with Gasteiger partial charge in [0.15, 0.2) is 17.0 Å². The normalized spacial score (nSPS) is 17.0. The summed E-state index contributed by atoms with van der Waals surface area (Å²) in [6.07, 6.45) is 5.85. The fourth-order valence-electron chi connectivity index (χ4n) is 5.42. The van der Waals surface area contributed by atoms with Gasteiger partial charge in [-0.3, -0.25) is 0 Å². The zero-order chi connectivity index (χ0) is 28.1. The van der Waals surface area contributed by atoms with E-state index in [0.29, 0.717) is 41.6 Å². The maximum Gasteiger partial charge on any atom is 0.184 e. The third-order valence-electron chi connectivity index (χ3n) is 7.54. The van der Waals surface area contributed by atoms with Gasteiger partial charge in [0, 0.05) is 43.5 Å². The van der Waals surface area contributed by atoms with E-state index in [0.717, 1.165) is 48.3 Å². The smallest absolute Gasteiger partial charge is 0.184 e. The average molecular weight is 549 g/mol. The van der Waals surface area contributed by atoms with E-state index in [-0.39, 0.29) is 12.1 Å². The molecule has 2 aromatic heterocycles. The molecular formula is C29H36N6O5. The van der Waals surface area contributed by atoms with Crippen molar-refractivity contribution in [1.82, 2.24) is 25.0 Å². The fourth-order valence-corrected chi connectivity index (χ4v) is 5.42. The molecule has 1 aliphatic carbocycles. The van der Waals surface area contributed by atoms with Crippen molar-refractivity contribution < 1.29 is 23.7 Å². The van der Waals surface area contributed by atoms with Crippen LogP contribution in [0.1, 0.15) is 42.9 Å². The number of hydrogen-bond acceptors (Lipinski definition) is 10. The monoisotopic (exact) mass is 548 g/mol. The molecule has 0 saturated heterocycles.